The van der Waals surface area contributed by atoms with Crippen LogP contribution < -0.4 is 10.1 Å². The maximum absolute atomic E-state index is 10.6. The Bertz CT molecular complexity index is 415. The summed E-state index contributed by atoms with van der Waals surface area (Å²) in [5.41, 5.74) is 0.210. The lowest BCUT2D eigenvalue weighted by Crippen LogP contribution is -2.36. The van der Waals surface area contributed by atoms with Crippen LogP contribution in [0.1, 0.15) is 38.5 Å². The van der Waals surface area contributed by atoms with Crippen LogP contribution in [0.2, 0.25) is 5.02 Å². The van der Waals surface area contributed by atoms with Crippen molar-refractivity contribution in [3.8, 4) is 5.75 Å². The number of hydrogen-bond donors (Lipinski definition) is 2. The molecule has 1 aliphatic rings. The topological polar surface area (TPSA) is 41.5 Å². The first-order valence-corrected chi connectivity index (χ1v) is 7.31. The van der Waals surface area contributed by atoms with E-state index >= 15 is 0 Å². The smallest absolute Gasteiger partial charge is 0.121 e. The Morgan fingerprint density at radius 2 is 1.95 bits per heavy atom. The van der Waals surface area contributed by atoms with Crippen molar-refractivity contribution in [1.29, 1.82) is 0 Å². The highest BCUT2D eigenvalue weighted by Crippen LogP contribution is 2.30. The number of benzene rings is 1. The first kappa shape index (κ1) is 14.5. The molecule has 0 aromatic heterocycles. The molecular weight excluding hydrogens is 262 g/mol. The highest BCUT2D eigenvalue weighted by Gasteiger charge is 2.27. The summed E-state index contributed by atoms with van der Waals surface area (Å²) in [6, 6.07) is 5.50. The molecule has 0 heterocycles. The first-order valence-electron chi connectivity index (χ1n) is 6.93. The molecule has 1 aliphatic carbocycles. The Balaban J connectivity index is 2.00. The minimum absolute atomic E-state index is 0.542. The van der Waals surface area contributed by atoms with Crippen molar-refractivity contribution in [3.63, 3.8) is 0 Å². The minimum Gasteiger partial charge on any atom is -0.497 e. The zero-order valence-electron chi connectivity index (χ0n) is 11.4. The number of halogens is 1. The van der Waals surface area contributed by atoms with Gasteiger partial charge in [-0.1, -0.05) is 37.3 Å². The van der Waals surface area contributed by atoms with Gasteiger partial charge in [0.1, 0.15) is 5.75 Å². The SMILES string of the molecule is COc1ccc(Cl)c(NCC2(O)CCCCCC2)c1. The zero-order chi connectivity index (χ0) is 13.7. The largest absolute Gasteiger partial charge is 0.497 e. The predicted molar refractivity (Wildman–Crippen MR) is 79.1 cm³/mol. The molecule has 3 nitrogen and oxygen atoms in total. The van der Waals surface area contributed by atoms with E-state index in [0.717, 1.165) is 37.1 Å². The number of rotatable bonds is 4. The number of ether oxygens (including phenoxy) is 1. The second-order valence-electron chi connectivity index (χ2n) is 5.34. The first-order chi connectivity index (χ1) is 9.13. The van der Waals surface area contributed by atoms with Gasteiger partial charge < -0.3 is 15.2 Å². The molecule has 4 heteroatoms. The van der Waals surface area contributed by atoms with Gasteiger partial charge in [-0.15, -0.1) is 0 Å². The Kier molecular flexibility index (Phi) is 4.94. The second kappa shape index (κ2) is 6.49. The van der Waals surface area contributed by atoms with Crippen LogP contribution >= 0.6 is 11.6 Å². The van der Waals surface area contributed by atoms with Crippen LogP contribution in [0, 0.1) is 0 Å². The Hall–Kier alpha value is -0.930. The summed E-state index contributed by atoms with van der Waals surface area (Å²) in [6.07, 6.45) is 6.38. The fourth-order valence-corrected chi connectivity index (χ4v) is 2.77. The van der Waals surface area contributed by atoms with Gasteiger partial charge in [0.25, 0.3) is 0 Å². The van der Waals surface area contributed by atoms with Crippen molar-refractivity contribution >= 4 is 17.3 Å². The maximum atomic E-state index is 10.6. The minimum atomic E-state index is -0.608. The van der Waals surface area contributed by atoms with Crippen molar-refractivity contribution in [2.75, 3.05) is 19.0 Å². The van der Waals surface area contributed by atoms with Gasteiger partial charge >= 0.3 is 0 Å². The molecule has 0 aliphatic heterocycles. The molecule has 0 spiro atoms. The molecule has 0 amide bonds. The molecule has 0 saturated heterocycles. The van der Waals surface area contributed by atoms with Crippen molar-refractivity contribution in [1.82, 2.24) is 0 Å². The number of methoxy groups -OCH3 is 1. The number of aliphatic hydroxyl groups is 1. The molecule has 0 bridgehead atoms. The van der Waals surface area contributed by atoms with E-state index in [0.29, 0.717) is 11.6 Å². The van der Waals surface area contributed by atoms with E-state index in [2.05, 4.69) is 5.32 Å². The van der Waals surface area contributed by atoms with Crippen LogP contribution in [0.15, 0.2) is 18.2 Å². The molecule has 0 atom stereocenters. The van der Waals surface area contributed by atoms with Crippen LogP contribution in [0.4, 0.5) is 5.69 Å². The summed E-state index contributed by atoms with van der Waals surface area (Å²) in [5.74, 6) is 0.764. The van der Waals surface area contributed by atoms with Crippen LogP contribution in [0.25, 0.3) is 0 Å². The third kappa shape index (κ3) is 4.02. The van der Waals surface area contributed by atoms with Crippen molar-refractivity contribution in [3.05, 3.63) is 23.2 Å². The average molecular weight is 284 g/mol. The third-order valence-electron chi connectivity index (χ3n) is 3.82. The molecule has 106 valence electrons. The lowest BCUT2D eigenvalue weighted by molar-refractivity contribution is 0.0381. The van der Waals surface area contributed by atoms with Crippen molar-refractivity contribution in [2.45, 2.75) is 44.1 Å². The summed E-state index contributed by atoms with van der Waals surface area (Å²) < 4.78 is 5.19. The van der Waals surface area contributed by atoms with E-state index in [9.17, 15) is 5.11 Å². The Morgan fingerprint density at radius 3 is 2.58 bits per heavy atom. The molecule has 0 radical (unpaired) electrons. The predicted octanol–water partition coefficient (Wildman–Crippen LogP) is 3.85. The van der Waals surface area contributed by atoms with Gasteiger partial charge in [0.15, 0.2) is 0 Å². The molecule has 1 aromatic carbocycles. The van der Waals surface area contributed by atoms with E-state index in [4.69, 9.17) is 16.3 Å². The fourth-order valence-electron chi connectivity index (χ4n) is 2.59. The number of nitrogens with one attached hydrogen (secondary N) is 1. The van der Waals surface area contributed by atoms with E-state index in [1.165, 1.54) is 12.8 Å². The monoisotopic (exact) mass is 283 g/mol. The summed E-state index contributed by atoms with van der Waals surface area (Å²) in [6.45, 7) is 0.542. The Morgan fingerprint density at radius 1 is 1.26 bits per heavy atom. The highest BCUT2D eigenvalue weighted by molar-refractivity contribution is 6.33. The molecule has 19 heavy (non-hydrogen) atoms. The summed E-state index contributed by atoms with van der Waals surface area (Å²) in [5, 5.41) is 14.5. The standard InChI is InChI=1S/C15H22ClNO2/c1-19-12-6-7-13(16)14(10-12)17-11-15(18)8-4-2-3-5-9-15/h6-7,10,17-18H,2-5,8-9,11H2,1H3. The van der Waals surface area contributed by atoms with E-state index < -0.39 is 5.60 Å². The van der Waals surface area contributed by atoms with Crippen molar-refractivity contribution < 1.29 is 9.84 Å². The van der Waals surface area contributed by atoms with Crippen LogP contribution in [0.5, 0.6) is 5.75 Å². The van der Waals surface area contributed by atoms with Gasteiger partial charge in [0.2, 0.25) is 0 Å². The quantitative estimate of drug-likeness (QED) is 0.825. The van der Waals surface area contributed by atoms with E-state index in [1.807, 2.05) is 12.1 Å². The van der Waals surface area contributed by atoms with Crippen LogP contribution in [-0.4, -0.2) is 24.4 Å². The van der Waals surface area contributed by atoms with Crippen LogP contribution in [-0.2, 0) is 0 Å². The summed E-state index contributed by atoms with van der Waals surface area (Å²) >= 11 is 6.15. The molecule has 2 rings (SSSR count). The Labute approximate surface area is 119 Å². The number of hydrogen-bond acceptors (Lipinski definition) is 3. The van der Waals surface area contributed by atoms with E-state index in [-0.39, 0.29) is 0 Å². The molecule has 2 N–H and O–H groups in total. The van der Waals surface area contributed by atoms with Gasteiger partial charge in [-0.05, 0) is 25.0 Å². The van der Waals surface area contributed by atoms with E-state index in [1.54, 1.807) is 13.2 Å². The molecule has 0 unspecified atom stereocenters. The van der Waals surface area contributed by atoms with Gasteiger partial charge in [0, 0.05) is 12.6 Å². The lowest BCUT2D eigenvalue weighted by Gasteiger charge is -2.27. The number of anilines is 1. The summed E-state index contributed by atoms with van der Waals surface area (Å²) in [7, 11) is 1.63. The normalized spacial score (nSPS) is 18.7. The van der Waals surface area contributed by atoms with Gasteiger partial charge in [-0.25, -0.2) is 0 Å². The van der Waals surface area contributed by atoms with Gasteiger partial charge in [0.05, 0.1) is 23.4 Å². The average Bonchev–Trinajstić information content (AvgIpc) is 2.63. The van der Waals surface area contributed by atoms with Crippen molar-refractivity contribution in [2.24, 2.45) is 0 Å². The lowest BCUT2D eigenvalue weighted by atomic mass is 9.94. The molecule has 1 fully saturated rings. The highest BCUT2D eigenvalue weighted by atomic mass is 35.5. The second-order valence-corrected chi connectivity index (χ2v) is 5.75. The zero-order valence-corrected chi connectivity index (χ0v) is 12.2. The maximum Gasteiger partial charge on any atom is 0.121 e. The fraction of sp³-hybridized carbons (Fsp3) is 0.600. The summed E-state index contributed by atoms with van der Waals surface area (Å²) in [4.78, 5) is 0. The molecule has 1 aromatic rings. The van der Waals surface area contributed by atoms with Gasteiger partial charge in [-0.3, -0.25) is 0 Å². The molecule has 1 saturated carbocycles. The molecular formula is C15H22ClNO2. The van der Waals surface area contributed by atoms with Crippen LogP contribution in [0.3, 0.4) is 0 Å². The van der Waals surface area contributed by atoms with Gasteiger partial charge in [-0.2, -0.15) is 0 Å². The third-order valence-corrected chi connectivity index (χ3v) is 4.15.